The van der Waals surface area contributed by atoms with Crippen LogP contribution < -0.4 is 4.74 Å². The summed E-state index contributed by atoms with van der Waals surface area (Å²) in [6.07, 6.45) is -4.20. The predicted molar refractivity (Wildman–Crippen MR) is 102 cm³/mol. The molecule has 0 amide bonds. The van der Waals surface area contributed by atoms with E-state index in [-0.39, 0.29) is 17.1 Å². The Hall–Kier alpha value is -2.75. The molecule has 1 saturated heterocycles. The number of carbonyl (C=O) groups excluding carboxylic acids is 1. The van der Waals surface area contributed by atoms with Gasteiger partial charge in [-0.2, -0.15) is 0 Å². The largest absolute Gasteiger partial charge is 0.507 e. The summed E-state index contributed by atoms with van der Waals surface area (Å²) < 4.78 is 10.7. The highest BCUT2D eigenvalue weighted by Gasteiger charge is 2.44. The number of aliphatic hydroxyl groups is 4. The summed E-state index contributed by atoms with van der Waals surface area (Å²) in [6, 6.07) is 13.1. The molecule has 29 heavy (non-hydrogen) atoms. The van der Waals surface area contributed by atoms with E-state index in [4.69, 9.17) is 9.47 Å². The molecule has 154 valence electrons. The zero-order valence-electron chi connectivity index (χ0n) is 15.3. The van der Waals surface area contributed by atoms with Gasteiger partial charge in [0.2, 0.25) is 6.29 Å². The Bertz CT molecular complexity index is 864. The van der Waals surface area contributed by atoms with Crippen LogP contribution in [0.25, 0.3) is 6.08 Å². The van der Waals surface area contributed by atoms with Gasteiger partial charge in [-0.3, -0.25) is 4.79 Å². The molecule has 1 fully saturated rings. The molecule has 4 unspecified atom stereocenters. The summed E-state index contributed by atoms with van der Waals surface area (Å²) in [4.78, 5) is 12.3. The SMILES string of the molecule is O=C(C=Cc1ccccc1)c1ccc(O[C@H]2OC(CO)C(O)C(O)C2O)cc1O. The summed E-state index contributed by atoms with van der Waals surface area (Å²) in [5, 5.41) is 49.0. The Kier molecular flexibility index (Phi) is 6.63. The van der Waals surface area contributed by atoms with Gasteiger partial charge in [-0.25, -0.2) is 0 Å². The van der Waals surface area contributed by atoms with Crippen molar-refractivity contribution < 1.29 is 39.8 Å². The minimum Gasteiger partial charge on any atom is -0.507 e. The summed E-state index contributed by atoms with van der Waals surface area (Å²) in [6.45, 7) is -0.586. The van der Waals surface area contributed by atoms with E-state index in [0.29, 0.717) is 0 Å². The number of aliphatic hydroxyl groups excluding tert-OH is 4. The normalized spacial score (nSPS) is 27.1. The van der Waals surface area contributed by atoms with Crippen LogP contribution in [0.5, 0.6) is 11.5 Å². The molecular weight excluding hydrogens is 380 g/mol. The molecule has 2 aromatic rings. The number of phenols is 1. The molecule has 0 aromatic heterocycles. The third kappa shape index (κ3) is 4.81. The number of benzene rings is 2. The van der Waals surface area contributed by atoms with Crippen molar-refractivity contribution in [1.29, 1.82) is 0 Å². The highest BCUT2D eigenvalue weighted by molar-refractivity contribution is 6.08. The van der Waals surface area contributed by atoms with Crippen molar-refractivity contribution in [3.63, 3.8) is 0 Å². The number of allylic oxidation sites excluding steroid dienone is 1. The lowest BCUT2D eigenvalue weighted by Crippen LogP contribution is -2.60. The van der Waals surface area contributed by atoms with E-state index in [2.05, 4.69) is 0 Å². The van der Waals surface area contributed by atoms with Gasteiger partial charge in [0.25, 0.3) is 0 Å². The number of rotatable bonds is 6. The molecule has 0 saturated carbocycles. The maximum Gasteiger partial charge on any atom is 0.229 e. The topological polar surface area (TPSA) is 137 Å². The van der Waals surface area contributed by atoms with Crippen LogP contribution in [0.1, 0.15) is 15.9 Å². The molecular formula is C21H22O8. The standard InChI is InChI=1S/C21H22O8/c22-11-17-18(25)19(26)20(27)21(29-17)28-13-7-8-14(16(24)10-13)15(23)9-6-12-4-2-1-3-5-12/h1-10,17-22,24-27H,11H2/t17?,18?,19?,20?,21-/m0/s1. The predicted octanol–water partition coefficient (Wildman–Crippen LogP) is 0.467. The molecule has 0 bridgehead atoms. The average Bonchev–Trinajstić information content (AvgIpc) is 2.73. The lowest BCUT2D eigenvalue weighted by molar-refractivity contribution is -0.277. The fourth-order valence-corrected chi connectivity index (χ4v) is 2.92. The molecule has 8 heteroatoms. The Morgan fingerprint density at radius 2 is 1.76 bits per heavy atom. The van der Waals surface area contributed by atoms with E-state index in [1.54, 1.807) is 6.08 Å². The van der Waals surface area contributed by atoms with Gasteiger partial charge in [0, 0.05) is 6.07 Å². The van der Waals surface area contributed by atoms with Crippen LogP contribution in [0.3, 0.4) is 0 Å². The van der Waals surface area contributed by atoms with Crippen molar-refractivity contribution in [3.8, 4) is 11.5 Å². The highest BCUT2D eigenvalue weighted by atomic mass is 16.7. The van der Waals surface area contributed by atoms with Crippen LogP contribution in [-0.4, -0.2) is 68.6 Å². The van der Waals surface area contributed by atoms with Gasteiger partial charge in [0.15, 0.2) is 5.78 Å². The second kappa shape index (κ2) is 9.17. The minimum absolute atomic E-state index is 0.0540. The van der Waals surface area contributed by atoms with Crippen molar-refractivity contribution in [1.82, 2.24) is 0 Å². The van der Waals surface area contributed by atoms with Crippen molar-refractivity contribution in [2.75, 3.05) is 6.61 Å². The second-order valence-electron chi connectivity index (χ2n) is 6.60. The van der Waals surface area contributed by atoms with Crippen LogP contribution in [0.4, 0.5) is 0 Å². The van der Waals surface area contributed by atoms with Crippen molar-refractivity contribution >= 4 is 11.9 Å². The quantitative estimate of drug-likeness (QED) is 0.347. The lowest BCUT2D eigenvalue weighted by Gasteiger charge is -2.39. The molecule has 0 aliphatic carbocycles. The number of ether oxygens (including phenoxy) is 2. The van der Waals surface area contributed by atoms with Crippen molar-refractivity contribution in [2.24, 2.45) is 0 Å². The first kappa shape index (κ1) is 21.0. The number of ketones is 1. The van der Waals surface area contributed by atoms with Crippen LogP contribution in [-0.2, 0) is 4.74 Å². The van der Waals surface area contributed by atoms with Crippen molar-refractivity contribution in [3.05, 3.63) is 65.7 Å². The summed E-state index contributed by atoms with van der Waals surface area (Å²) >= 11 is 0. The van der Waals surface area contributed by atoms with Gasteiger partial charge >= 0.3 is 0 Å². The number of phenolic OH excluding ortho intramolecular Hbond substituents is 1. The van der Waals surface area contributed by atoms with E-state index in [9.17, 15) is 30.3 Å². The molecule has 3 rings (SSSR count). The molecule has 1 aliphatic heterocycles. The number of hydrogen-bond donors (Lipinski definition) is 5. The maximum atomic E-state index is 12.3. The summed E-state index contributed by atoms with van der Waals surface area (Å²) in [5.41, 5.74) is 0.890. The van der Waals surface area contributed by atoms with Gasteiger partial charge < -0.3 is 35.0 Å². The molecule has 2 aromatic carbocycles. The lowest BCUT2D eigenvalue weighted by atomic mass is 9.99. The number of carbonyl (C=O) groups is 1. The van der Waals surface area contributed by atoms with E-state index in [1.807, 2.05) is 30.3 Å². The van der Waals surface area contributed by atoms with E-state index < -0.39 is 43.1 Å². The molecule has 1 aliphatic rings. The zero-order chi connectivity index (χ0) is 21.0. The number of hydrogen-bond acceptors (Lipinski definition) is 8. The average molecular weight is 402 g/mol. The monoisotopic (exact) mass is 402 g/mol. The van der Waals surface area contributed by atoms with Gasteiger partial charge in [0.05, 0.1) is 12.2 Å². The minimum atomic E-state index is -1.58. The molecule has 5 atom stereocenters. The Morgan fingerprint density at radius 3 is 2.41 bits per heavy atom. The number of aromatic hydroxyl groups is 1. The first-order valence-corrected chi connectivity index (χ1v) is 8.98. The third-order valence-electron chi connectivity index (χ3n) is 4.56. The molecule has 0 radical (unpaired) electrons. The van der Waals surface area contributed by atoms with Gasteiger partial charge in [0.1, 0.15) is 35.9 Å². The van der Waals surface area contributed by atoms with E-state index in [0.717, 1.165) is 5.56 Å². The first-order chi connectivity index (χ1) is 13.9. The molecule has 1 heterocycles. The van der Waals surface area contributed by atoms with E-state index >= 15 is 0 Å². The smallest absolute Gasteiger partial charge is 0.229 e. The highest BCUT2D eigenvalue weighted by Crippen LogP contribution is 2.28. The van der Waals surface area contributed by atoms with Crippen LogP contribution in [0.15, 0.2) is 54.6 Å². The van der Waals surface area contributed by atoms with E-state index in [1.165, 1.54) is 24.3 Å². The van der Waals surface area contributed by atoms with Gasteiger partial charge in [-0.1, -0.05) is 36.4 Å². The van der Waals surface area contributed by atoms with Gasteiger partial charge in [-0.15, -0.1) is 0 Å². The second-order valence-corrected chi connectivity index (χ2v) is 6.60. The third-order valence-corrected chi connectivity index (χ3v) is 4.56. The fourth-order valence-electron chi connectivity index (χ4n) is 2.92. The summed E-state index contributed by atoms with van der Waals surface area (Å²) in [5.74, 6) is -0.684. The van der Waals surface area contributed by atoms with Crippen molar-refractivity contribution in [2.45, 2.75) is 30.7 Å². The molecule has 0 spiro atoms. The zero-order valence-corrected chi connectivity index (χ0v) is 15.3. The molecule has 5 N–H and O–H groups in total. The first-order valence-electron chi connectivity index (χ1n) is 8.98. The van der Waals surface area contributed by atoms with Crippen LogP contribution in [0, 0.1) is 0 Å². The Labute approximate surface area is 166 Å². The molecule has 8 nitrogen and oxygen atoms in total. The van der Waals surface area contributed by atoms with Crippen LogP contribution in [0.2, 0.25) is 0 Å². The van der Waals surface area contributed by atoms with Crippen LogP contribution >= 0.6 is 0 Å². The Balaban J connectivity index is 1.71. The Morgan fingerprint density at radius 1 is 1.03 bits per heavy atom. The maximum absolute atomic E-state index is 12.3. The summed E-state index contributed by atoms with van der Waals surface area (Å²) in [7, 11) is 0. The fraction of sp³-hybridized carbons (Fsp3) is 0.286. The van der Waals surface area contributed by atoms with Gasteiger partial charge in [-0.05, 0) is 23.8 Å².